The van der Waals surface area contributed by atoms with Gasteiger partial charge in [-0.15, -0.1) is 0 Å². The van der Waals surface area contributed by atoms with Gasteiger partial charge >= 0.3 is 0 Å². The fourth-order valence-corrected chi connectivity index (χ4v) is 2.05. The van der Waals surface area contributed by atoms with Crippen LogP contribution in [0.5, 0.6) is 0 Å². The number of nitrogen functional groups attached to an aromatic ring is 1. The molecule has 2 rings (SSSR count). The minimum absolute atomic E-state index is 0.198. The van der Waals surface area contributed by atoms with Gasteiger partial charge in [-0.3, -0.25) is 4.79 Å². The van der Waals surface area contributed by atoms with Crippen LogP contribution in [0.3, 0.4) is 0 Å². The first-order valence-corrected chi connectivity index (χ1v) is 6.51. The van der Waals surface area contributed by atoms with Gasteiger partial charge in [-0.1, -0.05) is 41.9 Å². The van der Waals surface area contributed by atoms with Crippen molar-refractivity contribution in [3.05, 3.63) is 64.7 Å². The van der Waals surface area contributed by atoms with Crippen molar-refractivity contribution in [2.24, 2.45) is 0 Å². The highest BCUT2D eigenvalue weighted by Gasteiger charge is 2.16. The van der Waals surface area contributed by atoms with Crippen molar-refractivity contribution in [3.8, 4) is 0 Å². The molecule has 4 nitrogen and oxygen atoms in total. The van der Waals surface area contributed by atoms with E-state index in [1.54, 1.807) is 12.1 Å². The molecule has 0 radical (unpaired) electrons. The van der Waals surface area contributed by atoms with E-state index in [9.17, 15) is 9.90 Å². The number of rotatable bonds is 4. The second-order valence-corrected chi connectivity index (χ2v) is 4.79. The third kappa shape index (κ3) is 3.29. The number of hydrogen-bond donors (Lipinski definition) is 3. The number of carbonyl (C=O) groups excluding carboxylic acids is 1. The molecule has 2 aromatic carbocycles. The quantitative estimate of drug-likeness (QED) is 0.757. The second kappa shape index (κ2) is 6.41. The molecular formula is C15H15ClN2O2. The molecule has 0 fully saturated rings. The Hall–Kier alpha value is -2.04. The molecule has 0 aliphatic carbocycles. The van der Waals surface area contributed by atoms with Crippen molar-refractivity contribution in [1.29, 1.82) is 0 Å². The molecule has 0 spiro atoms. The minimum atomic E-state index is -0.484. The third-order valence-corrected chi connectivity index (χ3v) is 3.18. The Morgan fingerprint density at radius 2 is 1.95 bits per heavy atom. The van der Waals surface area contributed by atoms with Gasteiger partial charge < -0.3 is 16.2 Å². The molecular weight excluding hydrogens is 276 g/mol. The molecule has 0 saturated carbocycles. The zero-order chi connectivity index (χ0) is 14.5. The number of nitrogens with two attached hydrogens (primary N) is 1. The van der Waals surface area contributed by atoms with Crippen LogP contribution in [0, 0.1) is 0 Å². The molecule has 5 heteroatoms. The van der Waals surface area contributed by atoms with E-state index < -0.39 is 6.04 Å². The monoisotopic (exact) mass is 290 g/mol. The normalized spacial score (nSPS) is 11.9. The highest BCUT2D eigenvalue weighted by molar-refractivity contribution is 6.31. The fraction of sp³-hybridized carbons (Fsp3) is 0.133. The van der Waals surface area contributed by atoms with Gasteiger partial charge in [0.1, 0.15) is 0 Å². The first kappa shape index (κ1) is 14.4. The van der Waals surface area contributed by atoms with Gasteiger partial charge in [0, 0.05) is 10.7 Å². The number of benzene rings is 2. The second-order valence-electron chi connectivity index (χ2n) is 4.35. The van der Waals surface area contributed by atoms with Crippen molar-refractivity contribution in [1.82, 2.24) is 5.32 Å². The smallest absolute Gasteiger partial charge is 0.253 e. The summed E-state index contributed by atoms with van der Waals surface area (Å²) in [6.07, 6.45) is 0. The van der Waals surface area contributed by atoms with Gasteiger partial charge in [0.2, 0.25) is 0 Å². The average molecular weight is 291 g/mol. The van der Waals surface area contributed by atoms with Crippen LogP contribution in [0.1, 0.15) is 22.0 Å². The van der Waals surface area contributed by atoms with Gasteiger partial charge in [0.05, 0.1) is 18.2 Å². The van der Waals surface area contributed by atoms with Gasteiger partial charge in [-0.25, -0.2) is 0 Å². The number of amides is 1. The molecule has 0 saturated heterocycles. The summed E-state index contributed by atoms with van der Waals surface area (Å²) in [5.74, 6) is -0.368. The summed E-state index contributed by atoms with van der Waals surface area (Å²) in [7, 11) is 0. The van der Waals surface area contributed by atoms with E-state index in [4.69, 9.17) is 17.3 Å². The van der Waals surface area contributed by atoms with Crippen LogP contribution >= 0.6 is 11.6 Å². The largest absolute Gasteiger partial charge is 0.398 e. The van der Waals surface area contributed by atoms with Crippen LogP contribution in [0.2, 0.25) is 5.02 Å². The van der Waals surface area contributed by atoms with E-state index in [1.165, 1.54) is 6.07 Å². The lowest BCUT2D eigenvalue weighted by Crippen LogP contribution is -2.31. The van der Waals surface area contributed by atoms with E-state index in [1.807, 2.05) is 30.3 Å². The first-order chi connectivity index (χ1) is 9.61. The Morgan fingerprint density at radius 1 is 1.25 bits per heavy atom. The Morgan fingerprint density at radius 3 is 2.60 bits per heavy atom. The minimum Gasteiger partial charge on any atom is -0.398 e. The topological polar surface area (TPSA) is 75.4 Å². The molecule has 0 bridgehead atoms. The third-order valence-electron chi connectivity index (χ3n) is 2.95. The number of halogens is 1. The SMILES string of the molecule is Nc1ccc(Cl)cc1C(=O)N[C@H](CO)c1ccccc1. The maximum atomic E-state index is 12.2. The fourth-order valence-electron chi connectivity index (χ4n) is 1.88. The van der Waals surface area contributed by atoms with E-state index >= 15 is 0 Å². The van der Waals surface area contributed by atoms with Crippen molar-refractivity contribution < 1.29 is 9.90 Å². The summed E-state index contributed by atoms with van der Waals surface area (Å²) in [6, 6.07) is 13.4. The highest BCUT2D eigenvalue weighted by Crippen LogP contribution is 2.19. The van der Waals surface area contributed by atoms with Crippen LogP contribution in [0.25, 0.3) is 0 Å². The van der Waals surface area contributed by atoms with E-state index in [2.05, 4.69) is 5.32 Å². The molecule has 1 atom stereocenters. The summed E-state index contributed by atoms with van der Waals surface area (Å²) in [6.45, 7) is -0.198. The number of nitrogens with one attached hydrogen (secondary N) is 1. The molecule has 1 amide bonds. The van der Waals surface area contributed by atoms with Crippen molar-refractivity contribution in [2.75, 3.05) is 12.3 Å². The Kier molecular flexibility index (Phi) is 4.61. The molecule has 4 N–H and O–H groups in total. The number of aliphatic hydroxyl groups is 1. The molecule has 104 valence electrons. The Labute approximate surface area is 122 Å². The molecule has 0 aliphatic rings. The zero-order valence-electron chi connectivity index (χ0n) is 10.7. The highest BCUT2D eigenvalue weighted by atomic mass is 35.5. The predicted octanol–water partition coefficient (Wildman–Crippen LogP) is 2.39. The van der Waals surface area contributed by atoms with Crippen LogP contribution < -0.4 is 11.1 Å². The molecule has 20 heavy (non-hydrogen) atoms. The molecule has 0 aromatic heterocycles. The summed E-state index contributed by atoms with van der Waals surface area (Å²) < 4.78 is 0. The van der Waals surface area contributed by atoms with Crippen molar-refractivity contribution >= 4 is 23.2 Å². The first-order valence-electron chi connectivity index (χ1n) is 6.13. The Bertz CT molecular complexity index is 602. The molecule has 0 heterocycles. The lowest BCUT2D eigenvalue weighted by atomic mass is 10.1. The summed E-state index contributed by atoms with van der Waals surface area (Å²) in [5, 5.41) is 12.6. The maximum Gasteiger partial charge on any atom is 0.253 e. The number of aliphatic hydroxyl groups excluding tert-OH is 1. The molecule has 2 aromatic rings. The van der Waals surface area contributed by atoms with Crippen LogP contribution in [0.4, 0.5) is 5.69 Å². The lowest BCUT2D eigenvalue weighted by molar-refractivity contribution is 0.0917. The standard InChI is InChI=1S/C15H15ClN2O2/c16-11-6-7-13(17)12(8-11)15(20)18-14(9-19)10-4-2-1-3-5-10/h1-8,14,19H,9,17H2,(H,18,20)/t14-/m1/s1. The van der Waals surface area contributed by atoms with Crippen LogP contribution in [-0.2, 0) is 0 Å². The lowest BCUT2D eigenvalue weighted by Gasteiger charge is -2.17. The van der Waals surface area contributed by atoms with Crippen LogP contribution in [-0.4, -0.2) is 17.6 Å². The van der Waals surface area contributed by atoms with Gasteiger partial charge in [-0.2, -0.15) is 0 Å². The van der Waals surface area contributed by atoms with E-state index in [-0.39, 0.29) is 12.5 Å². The van der Waals surface area contributed by atoms with Gasteiger partial charge in [-0.05, 0) is 23.8 Å². The number of carbonyl (C=O) groups is 1. The zero-order valence-corrected chi connectivity index (χ0v) is 11.5. The average Bonchev–Trinajstić information content (AvgIpc) is 2.48. The van der Waals surface area contributed by atoms with E-state index in [0.29, 0.717) is 16.3 Å². The number of hydrogen-bond acceptors (Lipinski definition) is 3. The van der Waals surface area contributed by atoms with Gasteiger partial charge in [0.15, 0.2) is 0 Å². The molecule has 0 aliphatic heterocycles. The van der Waals surface area contributed by atoms with Crippen molar-refractivity contribution in [3.63, 3.8) is 0 Å². The van der Waals surface area contributed by atoms with E-state index in [0.717, 1.165) is 5.56 Å². The summed E-state index contributed by atoms with van der Waals surface area (Å²) >= 11 is 5.86. The van der Waals surface area contributed by atoms with Crippen LogP contribution in [0.15, 0.2) is 48.5 Å². The Balaban J connectivity index is 2.20. The number of anilines is 1. The van der Waals surface area contributed by atoms with Gasteiger partial charge in [0.25, 0.3) is 5.91 Å². The summed E-state index contributed by atoms with van der Waals surface area (Å²) in [4.78, 5) is 12.2. The summed E-state index contributed by atoms with van der Waals surface area (Å²) in [5.41, 5.74) is 7.23. The van der Waals surface area contributed by atoms with Crippen molar-refractivity contribution in [2.45, 2.75) is 6.04 Å². The molecule has 0 unspecified atom stereocenters. The maximum absolute atomic E-state index is 12.2. The predicted molar refractivity (Wildman–Crippen MR) is 79.6 cm³/mol.